The summed E-state index contributed by atoms with van der Waals surface area (Å²) in [5.74, 6) is 1.85. The molecule has 0 bridgehead atoms. The Morgan fingerprint density at radius 1 is 1.06 bits per heavy atom. The van der Waals surface area contributed by atoms with Gasteiger partial charge in [-0.1, -0.05) is 31.6 Å². The average Bonchev–Trinajstić information content (AvgIpc) is 3.20. The molecular weight excluding hydrogens is 454 g/mol. The second-order valence-corrected chi connectivity index (χ2v) is 12.0. The molecule has 7 atom stereocenters. The zero-order valence-corrected chi connectivity index (χ0v) is 21.6. The van der Waals surface area contributed by atoms with Crippen molar-refractivity contribution in [2.45, 2.75) is 78.2 Å². The molecule has 3 saturated carbocycles. The second-order valence-electron chi connectivity index (χ2n) is 12.0. The smallest absolute Gasteiger partial charge is 0.302 e. The van der Waals surface area contributed by atoms with Crippen LogP contribution in [0, 0.1) is 44.6 Å². The van der Waals surface area contributed by atoms with E-state index in [1.165, 1.54) is 24.6 Å². The molecule has 0 aliphatic heterocycles. The standard InChI is InChI=1S/C30H37NO5/c1-19(32)36-23-14-16-29(2)21(18-23)7-10-24-25-11-12-27(30(25,3)17-15-26(24)29)28(33)13-6-20-4-8-22(9-5-20)31(34)35/h4-9,13,23-27H,10-12,14-18H2,1-3H3/b13-6+/t23-,24?,25?,26?,27?,29-,30-/m0/s1. The number of nitrogens with zero attached hydrogens (tertiary/aromatic N) is 1. The largest absolute Gasteiger partial charge is 0.462 e. The van der Waals surface area contributed by atoms with Crippen molar-refractivity contribution in [1.82, 2.24) is 0 Å². The van der Waals surface area contributed by atoms with E-state index in [2.05, 4.69) is 19.9 Å². The third-order valence-electron chi connectivity index (χ3n) is 10.3. The van der Waals surface area contributed by atoms with Gasteiger partial charge in [-0.3, -0.25) is 19.7 Å². The number of carbonyl (C=O) groups excluding carboxylic acids is 2. The summed E-state index contributed by atoms with van der Waals surface area (Å²) in [4.78, 5) is 35.3. The quantitative estimate of drug-likeness (QED) is 0.151. The maximum absolute atomic E-state index is 13.4. The van der Waals surface area contributed by atoms with Gasteiger partial charge in [-0.25, -0.2) is 0 Å². The lowest BCUT2D eigenvalue weighted by molar-refractivity contribution is -0.384. The number of hydrogen-bond acceptors (Lipinski definition) is 5. The molecule has 4 aliphatic rings. The number of rotatable bonds is 5. The minimum absolute atomic E-state index is 0.0169. The summed E-state index contributed by atoms with van der Waals surface area (Å²) in [6, 6.07) is 6.33. The maximum atomic E-state index is 13.4. The predicted octanol–water partition coefficient (Wildman–Crippen LogP) is 6.69. The highest BCUT2D eigenvalue weighted by atomic mass is 16.6. The van der Waals surface area contributed by atoms with Crippen molar-refractivity contribution >= 4 is 23.5 Å². The molecule has 36 heavy (non-hydrogen) atoms. The summed E-state index contributed by atoms with van der Waals surface area (Å²) in [5.41, 5.74) is 2.55. The molecule has 0 heterocycles. The summed E-state index contributed by atoms with van der Waals surface area (Å²) in [5, 5.41) is 10.9. The molecule has 0 radical (unpaired) electrons. The van der Waals surface area contributed by atoms with Gasteiger partial charge in [0.2, 0.25) is 0 Å². The van der Waals surface area contributed by atoms with Crippen molar-refractivity contribution in [2.24, 2.45) is 34.5 Å². The van der Waals surface area contributed by atoms with Gasteiger partial charge in [-0.05, 0) is 97.3 Å². The van der Waals surface area contributed by atoms with Crippen molar-refractivity contribution < 1.29 is 19.2 Å². The van der Waals surface area contributed by atoms with Gasteiger partial charge < -0.3 is 4.74 Å². The van der Waals surface area contributed by atoms with Crippen molar-refractivity contribution in [2.75, 3.05) is 0 Å². The number of hydrogen-bond donors (Lipinski definition) is 0. The van der Waals surface area contributed by atoms with Crippen LogP contribution >= 0.6 is 0 Å². The van der Waals surface area contributed by atoms with Gasteiger partial charge in [0.25, 0.3) is 5.69 Å². The molecule has 0 amide bonds. The molecule has 1 aromatic carbocycles. The van der Waals surface area contributed by atoms with Crippen molar-refractivity contribution in [3.63, 3.8) is 0 Å². The van der Waals surface area contributed by atoms with Crippen molar-refractivity contribution in [3.8, 4) is 0 Å². The minimum Gasteiger partial charge on any atom is -0.462 e. The van der Waals surface area contributed by atoms with Gasteiger partial charge in [0.1, 0.15) is 6.10 Å². The van der Waals surface area contributed by atoms with E-state index in [1.54, 1.807) is 24.3 Å². The highest BCUT2D eigenvalue weighted by Gasteiger charge is 2.59. The second kappa shape index (κ2) is 9.28. The first kappa shape index (κ1) is 24.9. The number of fused-ring (bicyclic) bond motifs is 5. The Balaban J connectivity index is 1.30. The third-order valence-corrected chi connectivity index (χ3v) is 10.3. The summed E-state index contributed by atoms with van der Waals surface area (Å²) in [7, 11) is 0. The molecule has 1 aromatic rings. The summed E-state index contributed by atoms with van der Waals surface area (Å²) in [6.07, 6.45) is 14.2. The highest BCUT2D eigenvalue weighted by Crippen LogP contribution is 2.66. The van der Waals surface area contributed by atoms with E-state index in [1.807, 2.05) is 0 Å². The minimum atomic E-state index is -0.413. The van der Waals surface area contributed by atoms with E-state index < -0.39 is 4.92 Å². The van der Waals surface area contributed by atoms with Crippen LogP contribution in [0.2, 0.25) is 0 Å². The zero-order chi connectivity index (χ0) is 25.7. The SMILES string of the molecule is CC(=O)O[C@H]1CC[C@@]2(C)C(=CCC3C4CCC(C(=O)/C=C/c5ccc([N+](=O)[O-])cc5)[C@@]4(C)CCC32)C1. The highest BCUT2D eigenvalue weighted by molar-refractivity contribution is 5.96. The lowest BCUT2D eigenvalue weighted by Gasteiger charge is -2.58. The molecule has 6 heteroatoms. The Hall–Kier alpha value is -2.76. The monoisotopic (exact) mass is 491 g/mol. The Morgan fingerprint density at radius 3 is 2.50 bits per heavy atom. The van der Waals surface area contributed by atoms with Gasteiger partial charge >= 0.3 is 5.97 Å². The predicted molar refractivity (Wildman–Crippen MR) is 138 cm³/mol. The molecule has 0 saturated heterocycles. The van der Waals surface area contributed by atoms with Crippen LogP contribution in [-0.4, -0.2) is 22.8 Å². The number of ketones is 1. The molecular formula is C30H37NO5. The topological polar surface area (TPSA) is 86.5 Å². The molecule has 4 unspecified atom stereocenters. The van der Waals surface area contributed by atoms with Crippen LogP contribution < -0.4 is 0 Å². The number of carbonyl (C=O) groups is 2. The number of ether oxygens (including phenoxy) is 1. The van der Waals surface area contributed by atoms with Crippen LogP contribution in [-0.2, 0) is 14.3 Å². The lowest BCUT2D eigenvalue weighted by atomic mass is 9.47. The first-order valence-electron chi connectivity index (χ1n) is 13.4. The Morgan fingerprint density at radius 2 is 1.81 bits per heavy atom. The number of nitro groups is 1. The molecule has 0 aromatic heterocycles. The van der Waals surface area contributed by atoms with E-state index in [9.17, 15) is 19.7 Å². The van der Waals surface area contributed by atoms with Crippen molar-refractivity contribution in [1.29, 1.82) is 0 Å². The molecule has 4 aliphatic carbocycles. The van der Waals surface area contributed by atoms with E-state index >= 15 is 0 Å². The Bertz CT molecular complexity index is 1120. The fourth-order valence-electron chi connectivity index (χ4n) is 8.43. The van der Waals surface area contributed by atoms with Crippen LogP contribution in [0.4, 0.5) is 5.69 Å². The summed E-state index contributed by atoms with van der Waals surface area (Å²) < 4.78 is 5.56. The van der Waals surface area contributed by atoms with Crippen LogP contribution in [0.1, 0.15) is 77.7 Å². The van der Waals surface area contributed by atoms with E-state index in [4.69, 9.17) is 4.74 Å². The number of non-ortho nitro benzene ring substituents is 1. The molecule has 6 nitrogen and oxygen atoms in total. The molecule has 5 rings (SSSR count). The van der Waals surface area contributed by atoms with Gasteiger partial charge in [-0.15, -0.1) is 0 Å². The maximum Gasteiger partial charge on any atom is 0.302 e. The van der Waals surface area contributed by atoms with E-state index in [-0.39, 0.29) is 40.3 Å². The normalized spacial score (nSPS) is 37.4. The van der Waals surface area contributed by atoms with Crippen LogP contribution in [0.25, 0.3) is 6.08 Å². The van der Waals surface area contributed by atoms with Crippen molar-refractivity contribution in [3.05, 3.63) is 57.7 Å². The molecule has 192 valence electrons. The van der Waals surface area contributed by atoms with Crippen LogP contribution in [0.3, 0.4) is 0 Å². The van der Waals surface area contributed by atoms with E-state index in [0.717, 1.165) is 56.9 Å². The number of nitro benzene ring substituents is 1. The summed E-state index contributed by atoms with van der Waals surface area (Å²) >= 11 is 0. The van der Waals surface area contributed by atoms with E-state index in [0.29, 0.717) is 17.8 Å². The Labute approximate surface area is 213 Å². The molecule has 3 fully saturated rings. The number of esters is 1. The van der Waals surface area contributed by atoms with Gasteiger partial charge in [0, 0.05) is 31.4 Å². The molecule has 0 N–H and O–H groups in total. The first-order valence-corrected chi connectivity index (χ1v) is 13.4. The fraction of sp³-hybridized carbons (Fsp3) is 0.600. The Kier molecular flexibility index (Phi) is 6.42. The first-order chi connectivity index (χ1) is 17.1. The van der Waals surface area contributed by atoms with Crippen LogP contribution in [0.5, 0.6) is 0 Å². The summed E-state index contributed by atoms with van der Waals surface area (Å²) in [6.45, 7) is 6.29. The third kappa shape index (κ3) is 4.22. The van der Waals surface area contributed by atoms with Gasteiger partial charge in [-0.2, -0.15) is 0 Å². The average molecular weight is 492 g/mol. The van der Waals surface area contributed by atoms with Gasteiger partial charge in [0.05, 0.1) is 4.92 Å². The fourth-order valence-corrected chi connectivity index (χ4v) is 8.43. The number of benzene rings is 1. The molecule has 0 spiro atoms. The zero-order valence-electron chi connectivity index (χ0n) is 21.6. The van der Waals surface area contributed by atoms with Gasteiger partial charge in [0.15, 0.2) is 5.78 Å². The van der Waals surface area contributed by atoms with Crippen LogP contribution in [0.15, 0.2) is 42.0 Å². The lowest BCUT2D eigenvalue weighted by Crippen LogP contribution is -2.51. The number of allylic oxidation sites excluding steroid dienone is 2.